The number of thiophene rings is 1. The second-order valence-corrected chi connectivity index (χ2v) is 5.27. The molecule has 0 spiro atoms. The maximum Gasteiger partial charge on any atom is 0.574 e. The van der Waals surface area contributed by atoms with Crippen molar-refractivity contribution in [3.8, 4) is 0 Å². The van der Waals surface area contributed by atoms with E-state index in [1.807, 2.05) is 19.9 Å². The molecule has 1 fully saturated rings. The van der Waals surface area contributed by atoms with Crippen LogP contribution in [0.2, 0.25) is 0 Å². The molecule has 1 aromatic rings. The average molecular weight is 208 g/mol. The summed E-state index contributed by atoms with van der Waals surface area (Å²) in [6.45, 7) is 9.86. The van der Waals surface area contributed by atoms with Crippen molar-refractivity contribution in [2.45, 2.75) is 26.4 Å². The predicted molar refractivity (Wildman–Crippen MR) is 59.8 cm³/mol. The Morgan fingerprint density at radius 3 is 2.57 bits per heavy atom. The van der Waals surface area contributed by atoms with Crippen molar-refractivity contribution in [2.24, 2.45) is 0 Å². The standard InChI is InChI=1S/C10H13BO2S/c1-7-5-6-9(14-7)11-12-8(2)10(3,4)13-11/h5-6H,2H2,1,3-4H3. The molecule has 0 N–H and O–H groups in total. The van der Waals surface area contributed by atoms with E-state index in [0.717, 1.165) is 4.78 Å². The minimum atomic E-state index is -0.372. The van der Waals surface area contributed by atoms with Gasteiger partial charge in [-0.15, -0.1) is 11.3 Å². The Labute approximate surface area is 88.7 Å². The van der Waals surface area contributed by atoms with Gasteiger partial charge in [-0.1, -0.05) is 12.6 Å². The molecule has 0 unspecified atom stereocenters. The molecule has 2 heterocycles. The van der Waals surface area contributed by atoms with Gasteiger partial charge in [0.2, 0.25) is 0 Å². The maximum absolute atomic E-state index is 5.75. The van der Waals surface area contributed by atoms with E-state index in [9.17, 15) is 0 Å². The second-order valence-electron chi connectivity index (χ2n) is 3.95. The molecule has 2 nitrogen and oxygen atoms in total. The zero-order chi connectivity index (χ0) is 10.3. The van der Waals surface area contributed by atoms with Crippen LogP contribution in [0.15, 0.2) is 24.5 Å². The van der Waals surface area contributed by atoms with Gasteiger partial charge in [0.15, 0.2) is 0 Å². The van der Waals surface area contributed by atoms with Crippen LogP contribution in [-0.4, -0.2) is 12.7 Å². The van der Waals surface area contributed by atoms with Gasteiger partial charge >= 0.3 is 7.12 Å². The third-order valence-electron chi connectivity index (χ3n) is 2.32. The van der Waals surface area contributed by atoms with Crippen LogP contribution >= 0.6 is 11.3 Å². The van der Waals surface area contributed by atoms with Crippen LogP contribution in [0, 0.1) is 6.92 Å². The van der Waals surface area contributed by atoms with Gasteiger partial charge in [-0.2, -0.15) is 0 Å². The van der Waals surface area contributed by atoms with Gasteiger partial charge in [-0.3, -0.25) is 0 Å². The summed E-state index contributed by atoms with van der Waals surface area (Å²) in [6, 6.07) is 4.11. The molecule has 1 aliphatic rings. The summed E-state index contributed by atoms with van der Waals surface area (Å²) in [5, 5.41) is 0. The zero-order valence-corrected chi connectivity index (χ0v) is 9.48. The third kappa shape index (κ3) is 1.60. The number of hydrogen-bond acceptors (Lipinski definition) is 3. The third-order valence-corrected chi connectivity index (χ3v) is 3.34. The number of aryl methyl sites for hydroxylation is 1. The molecular formula is C10H13BO2S. The molecule has 0 amide bonds. The van der Waals surface area contributed by atoms with E-state index in [4.69, 9.17) is 9.31 Å². The molecule has 0 bridgehead atoms. The fourth-order valence-electron chi connectivity index (χ4n) is 1.32. The van der Waals surface area contributed by atoms with Crippen LogP contribution in [-0.2, 0) is 9.31 Å². The molecule has 74 valence electrons. The highest BCUT2D eigenvalue weighted by Gasteiger charge is 2.43. The normalized spacial score (nSPS) is 19.9. The van der Waals surface area contributed by atoms with Crippen LogP contribution < -0.4 is 4.78 Å². The predicted octanol–water partition coefficient (Wildman–Crippen LogP) is 2.09. The van der Waals surface area contributed by atoms with Crippen LogP contribution in [0.1, 0.15) is 18.7 Å². The first-order chi connectivity index (χ1) is 6.49. The summed E-state index contributed by atoms with van der Waals surface area (Å²) in [6.07, 6.45) is 0. The van der Waals surface area contributed by atoms with Crippen LogP contribution in [0.25, 0.3) is 0 Å². The lowest BCUT2D eigenvalue weighted by Crippen LogP contribution is -2.32. The molecule has 1 saturated heterocycles. The van der Waals surface area contributed by atoms with E-state index >= 15 is 0 Å². The summed E-state index contributed by atoms with van der Waals surface area (Å²) < 4.78 is 12.4. The van der Waals surface area contributed by atoms with Gasteiger partial charge in [0.1, 0.15) is 5.60 Å². The topological polar surface area (TPSA) is 18.5 Å². The van der Waals surface area contributed by atoms with Crippen molar-refractivity contribution < 1.29 is 9.31 Å². The summed E-state index contributed by atoms with van der Waals surface area (Å²) >= 11 is 1.70. The summed E-state index contributed by atoms with van der Waals surface area (Å²) in [4.78, 5) is 1.27. The van der Waals surface area contributed by atoms with Gasteiger partial charge in [0, 0.05) is 4.88 Å². The van der Waals surface area contributed by atoms with E-state index in [1.54, 1.807) is 11.3 Å². The van der Waals surface area contributed by atoms with Crippen molar-refractivity contribution >= 4 is 23.2 Å². The quantitative estimate of drug-likeness (QED) is 0.658. The minimum Gasteiger partial charge on any atom is -0.533 e. The fourth-order valence-corrected chi connectivity index (χ4v) is 2.16. The molecule has 14 heavy (non-hydrogen) atoms. The Hall–Kier alpha value is -0.735. The van der Waals surface area contributed by atoms with Gasteiger partial charge in [-0.05, 0) is 26.8 Å². The molecule has 0 aliphatic carbocycles. The molecule has 0 saturated carbocycles. The number of hydrogen-bond donors (Lipinski definition) is 0. The van der Waals surface area contributed by atoms with Crippen molar-refractivity contribution in [3.05, 3.63) is 29.3 Å². The monoisotopic (exact) mass is 208 g/mol. The van der Waals surface area contributed by atoms with Gasteiger partial charge < -0.3 is 9.31 Å². The smallest absolute Gasteiger partial charge is 0.533 e. The molecule has 0 atom stereocenters. The van der Waals surface area contributed by atoms with Crippen molar-refractivity contribution in [3.63, 3.8) is 0 Å². The Morgan fingerprint density at radius 1 is 1.43 bits per heavy atom. The van der Waals surface area contributed by atoms with E-state index in [-0.39, 0.29) is 12.7 Å². The first-order valence-electron chi connectivity index (χ1n) is 4.59. The van der Waals surface area contributed by atoms with Crippen molar-refractivity contribution in [1.29, 1.82) is 0 Å². The summed E-state index contributed by atoms with van der Waals surface area (Å²) in [5.74, 6) is 0.702. The lowest BCUT2D eigenvalue weighted by atomic mass is 9.88. The molecule has 1 aromatic heterocycles. The SMILES string of the molecule is C=C1OB(c2ccc(C)s2)OC1(C)C. The van der Waals surface area contributed by atoms with Crippen LogP contribution in [0.5, 0.6) is 0 Å². The lowest BCUT2D eigenvalue weighted by Gasteiger charge is -2.15. The van der Waals surface area contributed by atoms with Crippen LogP contribution in [0.3, 0.4) is 0 Å². The molecular weight excluding hydrogens is 195 g/mol. The molecule has 4 heteroatoms. The molecule has 0 aromatic carbocycles. The van der Waals surface area contributed by atoms with Crippen molar-refractivity contribution in [1.82, 2.24) is 0 Å². The Bertz CT molecular complexity index is 370. The lowest BCUT2D eigenvalue weighted by molar-refractivity contribution is 0.173. The van der Waals surface area contributed by atoms with E-state index < -0.39 is 0 Å². The fraction of sp³-hybridized carbons (Fsp3) is 0.400. The second kappa shape index (κ2) is 3.14. The van der Waals surface area contributed by atoms with E-state index in [0.29, 0.717) is 5.76 Å². The van der Waals surface area contributed by atoms with E-state index in [2.05, 4.69) is 19.6 Å². The Kier molecular flexibility index (Phi) is 2.20. The first-order valence-corrected chi connectivity index (χ1v) is 5.41. The Morgan fingerprint density at radius 2 is 2.14 bits per heavy atom. The molecule has 1 aliphatic heterocycles. The van der Waals surface area contributed by atoms with Crippen LogP contribution in [0.4, 0.5) is 0 Å². The first kappa shape index (κ1) is 9.81. The van der Waals surface area contributed by atoms with Gasteiger partial charge in [-0.25, -0.2) is 0 Å². The van der Waals surface area contributed by atoms with Crippen molar-refractivity contribution in [2.75, 3.05) is 0 Å². The van der Waals surface area contributed by atoms with Gasteiger partial charge in [0.25, 0.3) is 0 Å². The zero-order valence-electron chi connectivity index (χ0n) is 8.66. The molecule has 2 rings (SSSR count). The Balaban J connectivity index is 2.20. The average Bonchev–Trinajstić information content (AvgIpc) is 2.58. The summed E-state index contributed by atoms with van der Waals surface area (Å²) in [7, 11) is -0.267. The summed E-state index contributed by atoms with van der Waals surface area (Å²) in [5.41, 5.74) is -0.372. The largest absolute Gasteiger partial charge is 0.574 e. The van der Waals surface area contributed by atoms with Gasteiger partial charge in [0.05, 0.1) is 10.5 Å². The highest BCUT2D eigenvalue weighted by molar-refractivity contribution is 7.22. The minimum absolute atomic E-state index is 0.267. The highest BCUT2D eigenvalue weighted by Crippen LogP contribution is 2.29. The molecule has 0 radical (unpaired) electrons. The number of rotatable bonds is 1. The highest BCUT2D eigenvalue weighted by atomic mass is 32.1. The van der Waals surface area contributed by atoms with E-state index in [1.165, 1.54) is 4.88 Å². The maximum atomic E-state index is 5.75.